The van der Waals surface area contributed by atoms with Gasteiger partial charge in [0.2, 0.25) is 0 Å². The molecular weight excluding hydrogens is 310 g/mol. The second-order valence-electron chi connectivity index (χ2n) is 3.35. The lowest BCUT2D eigenvalue weighted by Crippen LogP contribution is -1.75. The maximum absolute atomic E-state index is 10.0. The molecule has 0 saturated heterocycles. The smallest absolute Gasteiger partial charge is 0.149 e. The number of phenols is 1. The number of aromatic hydroxyl groups is 1. The third-order valence-corrected chi connectivity index (χ3v) is 2.29. The summed E-state index contributed by atoms with van der Waals surface area (Å²) in [5.74, 6) is 0.154. The molecule has 0 unspecified atom stereocenters. The molecule has 4 nitrogen and oxygen atoms in total. The van der Waals surface area contributed by atoms with Crippen molar-refractivity contribution in [2.75, 3.05) is 0 Å². The molecule has 0 aliphatic rings. The van der Waals surface area contributed by atoms with Crippen molar-refractivity contribution >= 4 is 35.9 Å². The molecule has 0 radical (unpaired) electrons. The summed E-state index contributed by atoms with van der Waals surface area (Å²) in [6.07, 6.45) is 2.60. The van der Waals surface area contributed by atoms with E-state index in [0.717, 1.165) is 10.8 Å². The van der Waals surface area contributed by atoms with Crippen molar-refractivity contribution in [2.24, 2.45) is 15.0 Å². The van der Waals surface area contributed by atoms with Crippen LogP contribution < -0.4 is 0 Å². The second-order valence-corrected chi connectivity index (χ2v) is 3.35. The number of hydrogen-bond acceptors (Lipinski definition) is 2. The van der Waals surface area contributed by atoms with E-state index in [9.17, 15) is 5.11 Å². The molecule has 0 amide bonds. The molecule has 0 aliphatic carbocycles. The fourth-order valence-corrected chi connectivity index (χ4v) is 1.52. The predicted octanol–water partition coefficient (Wildman–Crippen LogP) is 7.28. The molecule has 4 heteroatoms. The van der Waals surface area contributed by atoms with Crippen LogP contribution in [0, 0.1) is 0 Å². The molecule has 0 fully saturated rings. The van der Waals surface area contributed by atoms with E-state index in [0.29, 0.717) is 5.69 Å². The quantitative estimate of drug-likeness (QED) is 0.460. The molecule has 2 aromatic carbocycles. The number of nitrogens with zero attached hydrogens (tertiary/aromatic N) is 3. The normalized spacial score (nSPS) is 8.56. The molecule has 0 bridgehead atoms. The van der Waals surface area contributed by atoms with E-state index in [1.54, 1.807) is 6.07 Å². The van der Waals surface area contributed by atoms with E-state index < -0.39 is 0 Å². The summed E-state index contributed by atoms with van der Waals surface area (Å²) in [5, 5.41) is 11.7. The average Bonchev–Trinajstić information content (AvgIpc) is 2.66. The Balaban J connectivity index is -0.000000250. The van der Waals surface area contributed by atoms with Crippen LogP contribution in [-0.4, -0.2) is 24.5 Å². The molecule has 0 saturated carbocycles. The van der Waals surface area contributed by atoms with Gasteiger partial charge in [0.25, 0.3) is 0 Å². The summed E-state index contributed by atoms with van der Waals surface area (Å²) in [6.45, 7) is 15.3. The highest BCUT2D eigenvalue weighted by molar-refractivity contribution is 5.93. The topological polar surface area (TPSA) is 57.3 Å². The maximum Gasteiger partial charge on any atom is 0.149 e. The lowest BCUT2D eigenvalue weighted by molar-refractivity contribution is 0.483. The summed E-state index contributed by atoms with van der Waals surface area (Å²) >= 11 is 0. The van der Waals surface area contributed by atoms with Crippen LogP contribution in [0.25, 0.3) is 10.8 Å². The molecule has 142 valence electrons. The minimum atomic E-state index is 0. The van der Waals surface area contributed by atoms with Gasteiger partial charge in [0.05, 0.1) is 0 Å². The summed E-state index contributed by atoms with van der Waals surface area (Å²) < 4.78 is 0. The molecular formula is C21H37N3O. The van der Waals surface area contributed by atoms with Gasteiger partial charge in [-0.25, -0.2) is 9.98 Å². The number of fused-ring (bicyclic) bond motifs is 1. The number of hydrogen-bond donors (Lipinski definition) is 1. The molecule has 0 atom stereocenters. The lowest BCUT2D eigenvalue weighted by atomic mass is 10.1. The molecule has 0 spiro atoms. The molecule has 0 heterocycles. The van der Waals surface area contributed by atoms with Gasteiger partial charge in [-0.2, -0.15) is 0 Å². The van der Waals surface area contributed by atoms with Gasteiger partial charge in [0, 0.05) is 5.39 Å². The molecule has 0 aliphatic heterocycles. The molecule has 2 aromatic rings. The van der Waals surface area contributed by atoms with Crippen LogP contribution in [0.1, 0.15) is 56.4 Å². The second kappa shape index (κ2) is 21.5. The number of phenolic OH excluding ortho intramolecular Hbond substituents is 1. The zero-order valence-electron chi connectivity index (χ0n) is 15.1. The third kappa shape index (κ3) is 10.8. The van der Waals surface area contributed by atoms with E-state index in [4.69, 9.17) is 0 Å². The van der Waals surface area contributed by atoms with Crippen molar-refractivity contribution in [1.82, 2.24) is 0 Å². The highest BCUT2D eigenvalue weighted by atomic mass is 16.3. The summed E-state index contributed by atoms with van der Waals surface area (Å²) in [5.41, 5.74) is 0.477. The van der Waals surface area contributed by atoms with Crippen molar-refractivity contribution < 1.29 is 5.11 Å². The van der Waals surface area contributed by atoms with E-state index >= 15 is 0 Å². The highest BCUT2D eigenvalue weighted by Crippen LogP contribution is 2.34. The number of benzene rings is 2. The van der Waals surface area contributed by atoms with Crippen molar-refractivity contribution in [3.63, 3.8) is 0 Å². The standard InChI is InChI=1S/C13H11N3O.3C2H6.2CH4/c1-14-8-15-9-16-12-7-6-10-4-2-3-5-11(10)13(12)17;3*1-2;;/h2-9,17H,1H2;3*1-2H3;2*1H4. The fourth-order valence-electron chi connectivity index (χ4n) is 1.52. The first-order valence-electron chi connectivity index (χ1n) is 8.03. The largest absolute Gasteiger partial charge is 0.505 e. The van der Waals surface area contributed by atoms with Crippen LogP contribution in [0.4, 0.5) is 5.69 Å². The van der Waals surface area contributed by atoms with Gasteiger partial charge in [-0.05, 0) is 18.2 Å². The monoisotopic (exact) mass is 347 g/mol. The predicted molar refractivity (Wildman–Crippen MR) is 119 cm³/mol. The summed E-state index contributed by atoms with van der Waals surface area (Å²) in [7, 11) is 0. The molecule has 2 rings (SSSR count). The molecule has 1 N–H and O–H groups in total. The Morgan fingerprint density at radius 2 is 1.40 bits per heavy atom. The van der Waals surface area contributed by atoms with Crippen molar-refractivity contribution in [2.45, 2.75) is 56.4 Å². The summed E-state index contributed by atoms with van der Waals surface area (Å²) in [4.78, 5) is 11.2. The van der Waals surface area contributed by atoms with E-state index in [1.807, 2.05) is 71.9 Å². The van der Waals surface area contributed by atoms with Gasteiger partial charge in [0.1, 0.15) is 24.1 Å². The van der Waals surface area contributed by atoms with Crippen LogP contribution in [0.3, 0.4) is 0 Å². The Kier molecular flexibility index (Phi) is 26.2. The Morgan fingerprint density at radius 3 is 1.96 bits per heavy atom. The highest BCUT2D eigenvalue weighted by Gasteiger charge is 2.03. The Hall–Kier alpha value is -2.49. The molecule has 25 heavy (non-hydrogen) atoms. The average molecular weight is 348 g/mol. The van der Waals surface area contributed by atoms with Crippen LogP contribution in [-0.2, 0) is 0 Å². The van der Waals surface area contributed by atoms with E-state index in [1.165, 1.54) is 12.7 Å². The van der Waals surface area contributed by atoms with Crippen LogP contribution in [0.2, 0.25) is 0 Å². The van der Waals surface area contributed by atoms with Crippen LogP contribution >= 0.6 is 0 Å². The first-order valence-corrected chi connectivity index (χ1v) is 8.03. The van der Waals surface area contributed by atoms with Crippen LogP contribution in [0.5, 0.6) is 5.75 Å². The van der Waals surface area contributed by atoms with Gasteiger partial charge < -0.3 is 5.11 Å². The van der Waals surface area contributed by atoms with Gasteiger partial charge in [-0.1, -0.05) is 86.7 Å². The van der Waals surface area contributed by atoms with E-state index in [-0.39, 0.29) is 20.6 Å². The first-order chi connectivity index (χ1) is 11.3. The van der Waals surface area contributed by atoms with Crippen molar-refractivity contribution in [3.8, 4) is 5.75 Å². The molecule has 0 aromatic heterocycles. The van der Waals surface area contributed by atoms with Gasteiger partial charge in [0.15, 0.2) is 0 Å². The maximum atomic E-state index is 10.0. The first kappa shape index (κ1) is 30.4. The van der Waals surface area contributed by atoms with Crippen molar-refractivity contribution in [1.29, 1.82) is 0 Å². The van der Waals surface area contributed by atoms with Gasteiger partial charge in [-0.15, -0.1) is 0 Å². The number of aliphatic imine (C=N–C) groups is 3. The lowest BCUT2D eigenvalue weighted by Gasteiger charge is -2.02. The fraction of sp³-hybridized carbons (Fsp3) is 0.381. The van der Waals surface area contributed by atoms with E-state index in [2.05, 4.69) is 21.7 Å². The Bertz CT molecular complexity index is 605. The SMILES string of the molecule is C.C.C=NC=NC=Nc1ccc2ccccc2c1O.CC.CC.CC. The van der Waals surface area contributed by atoms with Crippen LogP contribution in [0.15, 0.2) is 51.4 Å². The number of rotatable bonds is 3. The zero-order chi connectivity index (χ0) is 18.1. The van der Waals surface area contributed by atoms with Gasteiger partial charge in [-0.3, -0.25) is 4.99 Å². The minimum absolute atomic E-state index is 0. The van der Waals surface area contributed by atoms with Crippen molar-refractivity contribution in [3.05, 3.63) is 36.4 Å². The third-order valence-electron chi connectivity index (χ3n) is 2.29. The Labute approximate surface area is 155 Å². The summed E-state index contributed by atoms with van der Waals surface area (Å²) in [6, 6.07) is 11.2. The minimum Gasteiger partial charge on any atom is -0.505 e. The Morgan fingerprint density at radius 1 is 0.840 bits per heavy atom. The zero-order valence-corrected chi connectivity index (χ0v) is 15.1. The van der Waals surface area contributed by atoms with Gasteiger partial charge >= 0.3 is 0 Å².